The van der Waals surface area contributed by atoms with Gasteiger partial charge in [-0.1, -0.05) is 0 Å². The Morgan fingerprint density at radius 3 is 3.16 bits per heavy atom. The van der Waals surface area contributed by atoms with Gasteiger partial charge in [0.2, 0.25) is 0 Å². The second kappa shape index (κ2) is 5.03. The fraction of sp³-hybridized carbons (Fsp3) is 0.538. The van der Waals surface area contributed by atoms with E-state index in [9.17, 15) is 5.11 Å². The number of aromatic nitrogens is 2. The lowest BCUT2D eigenvalue weighted by Gasteiger charge is -2.16. The van der Waals surface area contributed by atoms with Gasteiger partial charge in [0.15, 0.2) is 0 Å². The van der Waals surface area contributed by atoms with E-state index in [2.05, 4.69) is 14.9 Å². The van der Waals surface area contributed by atoms with Gasteiger partial charge in [-0.3, -0.25) is 4.90 Å². The zero-order valence-electron chi connectivity index (χ0n) is 10.9. The largest absolute Gasteiger partial charge is 0.393 e. The minimum absolute atomic E-state index is 0.240. The monoisotopic (exact) mass is 278 g/mol. The van der Waals surface area contributed by atoms with Crippen LogP contribution >= 0.6 is 11.3 Å². The molecule has 0 spiro atoms. The highest BCUT2D eigenvalue weighted by molar-refractivity contribution is 7.16. The van der Waals surface area contributed by atoms with Gasteiger partial charge < -0.3 is 10.8 Å². The van der Waals surface area contributed by atoms with Crippen LogP contribution in [0.4, 0.5) is 5.82 Å². The van der Waals surface area contributed by atoms with Crippen molar-refractivity contribution in [2.45, 2.75) is 26.0 Å². The van der Waals surface area contributed by atoms with Crippen molar-refractivity contribution in [1.82, 2.24) is 14.9 Å². The molecule has 0 radical (unpaired) electrons. The molecule has 2 aromatic rings. The number of aliphatic hydroxyl groups excluding tert-OH is 1. The van der Waals surface area contributed by atoms with Crippen LogP contribution in [0.25, 0.3) is 10.2 Å². The Morgan fingerprint density at radius 2 is 2.42 bits per heavy atom. The van der Waals surface area contributed by atoms with Crippen LogP contribution < -0.4 is 5.73 Å². The number of aliphatic hydroxyl groups is 1. The third-order valence-electron chi connectivity index (χ3n) is 3.76. The molecule has 19 heavy (non-hydrogen) atoms. The number of hydrogen-bond acceptors (Lipinski definition) is 6. The van der Waals surface area contributed by atoms with Crippen LogP contribution in [-0.4, -0.2) is 39.2 Å². The Bertz CT molecular complexity index is 583. The number of likely N-dealkylation sites (tertiary alicyclic amines) is 1. The molecule has 1 fully saturated rings. The summed E-state index contributed by atoms with van der Waals surface area (Å²) in [5.74, 6) is 1.70. The number of nitrogens with two attached hydrogens (primary N) is 1. The topological polar surface area (TPSA) is 75.3 Å². The van der Waals surface area contributed by atoms with Crippen LogP contribution in [0.1, 0.15) is 19.2 Å². The highest BCUT2D eigenvalue weighted by atomic mass is 32.1. The van der Waals surface area contributed by atoms with Gasteiger partial charge in [-0.2, -0.15) is 0 Å². The molecule has 3 N–H and O–H groups in total. The molecule has 1 aliphatic rings. The summed E-state index contributed by atoms with van der Waals surface area (Å²) in [5, 5.41) is 12.5. The lowest BCUT2D eigenvalue weighted by atomic mass is 10.0. The van der Waals surface area contributed by atoms with E-state index >= 15 is 0 Å². The van der Waals surface area contributed by atoms with Gasteiger partial charge >= 0.3 is 0 Å². The molecule has 0 saturated carbocycles. The normalized spacial score (nSPS) is 22.1. The van der Waals surface area contributed by atoms with E-state index < -0.39 is 0 Å². The third-order valence-corrected chi connectivity index (χ3v) is 4.56. The van der Waals surface area contributed by atoms with Crippen LogP contribution in [0.15, 0.2) is 11.4 Å². The number of hydrogen-bond donors (Lipinski definition) is 2. The summed E-state index contributed by atoms with van der Waals surface area (Å²) in [6.07, 6.45) is 0.796. The molecule has 1 aliphatic heterocycles. The summed E-state index contributed by atoms with van der Waals surface area (Å²) < 4.78 is 0. The number of rotatable bonds is 3. The first-order valence-corrected chi connectivity index (χ1v) is 7.41. The van der Waals surface area contributed by atoms with Crippen LogP contribution in [-0.2, 0) is 6.54 Å². The van der Waals surface area contributed by atoms with Crippen molar-refractivity contribution in [3.8, 4) is 0 Å². The van der Waals surface area contributed by atoms with Gasteiger partial charge in [0.05, 0.1) is 18.0 Å². The molecule has 0 aliphatic carbocycles. The fourth-order valence-electron chi connectivity index (χ4n) is 2.59. The van der Waals surface area contributed by atoms with Crippen LogP contribution in [0.3, 0.4) is 0 Å². The molecular weight excluding hydrogens is 260 g/mol. The molecule has 0 bridgehead atoms. The molecule has 2 aromatic heterocycles. The van der Waals surface area contributed by atoms with Crippen molar-refractivity contribution < 1.29 is 5.11 Å². The van der Waals surface area contributed by atoms with Gasteiger partial charge in [-0.15, -0.1) is 11.3 Å². The average molecular weight is 278 g/mol. The van der Waals surface area contributed by atoms with Gasteiger partial charge in [0, 0.05) is 6.54 Å². The molecule has 5 nitrogen and oxygen atoms in total. The lowest BCUT2D eigenvalue weighted by Crippen LogP contribution is -2.24. The SMILES string of the molecule is CC(O)C1CCN(Cc2nc(N)c3ccsc3n2)C1. The van der Waals surface area contributed by atoms with Crippen molar-refractivity contribution in [1.29, 1.82) is 0 Å². The van der Waals surface area contributed by atoms with Crippen molar-refractivity contribution in [3.63, 3.8) is 0 Å². The Kier molecular flexibility index (Phi) is 3.38. The molecule has 0 amide bonds. The van der Waals surface area contributed by atoms with Crippen molar-refractivity contribution in [2.75, 3.05) is 18.8 Å². The summed E-state index contributed by atoms with van der Waals surface area (Å²) in [4.78, 5) is 12.2. The Morgan fingerprint density at radius 1 is 1.58 bits per heavy atom. The zero-order chi connectivity index (χ0) is 13.4. The Balaban J connectivity index is 1.75. The van der Waals surface area contributed by atoms with Gasteiger partial charge in [0.1, 0.15) is 16.5 Å². The van der Waals surface area contributed by atoms with Crippen molar-refractivity contribution in [3.05, 3.63) is 17.3 Å². The predicted molar refractivity (Wildman–Crippen MR) is 76.9 cm³/mol. The van der Waals surface area contributed by atoms with Gasteiger partial charge in [0.25, 0.3) is 0 Å². The minimum atomic E-state index is -0.240. The zero-order valence-corrected chi connectivity index (χ0v) is 11.7. The van der Waals surface area contributed by atoms with E-state index in [4.69, 9.17) is 5.73 Å². The predicted octanol–water partition coefficient (Wildman–Crippen LogP) is 1.48. The molecule has 1 saturated heterocycles. The fourth-order valence-corrected chi connectivity index (χ4v) is 3.39. The van der Waals surface area contributed by atoms with Crippen LogP contribution in [0, 0.1) is 5.92 Å². The van der Waals surface area contributed by atoms with Crippen LogP contribution in [0.2, 0.25) is 0 Å². The highest BCUT2D eigenvalue weighted by Gasteiger charge is 2.26. The summed E-state index contributed by atoms with van der Waals surface area (Å²) in [5.41, 5.74) is 5.95. The number of nitrogen functional groups attached to an aromatic ring is 1. The van der Waals surface area contributed by atoms with E-state index in [0.717, 1.165) is 35.6 Å². The van der Waals surface area contributed by atoms with Gasteiger partial charge in [-0.25, -0.2) is 9.97 Å². The summed E-state index contributed by atoms with van der Waals surface area (Å²) >= 11 is 1.59. The Hall–Kier alpha value is -1.24. The van der Waals surface area contributed by atoms with E-state index in [-0.39, 0.29) is 6.10 Å². The standard InChI is InChI=1S/C13H18N4OS/c1-8(18)9-2-4-17(6-9)7-11-15-12(14)10-3-5-19-13(10)16-11/h3,5,8-9,18H,2,4,6-7H2,1H3,(H2,14,15,16). The van der Waals surface area contributed by atoms with E-state index in [1.807, 2.05) is 18.4 Å². The number of anilines is 1. The minimum Gasteiger partial charge on any atom is -0.393 e. The molecule has 102 valence electrons. The molecule has 0 aromatic carbocycles. The maximum Gasteiger partial charge on any atom is 0.146 e. The molecule has 2 unspecified atom stereocenters. The van der Waals surface area contributed by atoms with E-state index in [1.54, 1.807) is 11.3 Å². The second-order valence-electron chi connectivity index (χ2n) is 5.19. The van der Waals surface area contributed by atoms with E-state index in [0.29, 0.717) is 18.3 Å². The van der Waals surface area contributed by atoms with Gasteiger partial charge in [-0.05, 0) is 37.3 Å². The summed E-state index contributed by atoms with van der Waals surface area (Å²) in [7, 11) is 0. The third kappa shape index (κ3) is 2.56. The van der Waals surface area contributed by atoms with Crippen molar-refractivity contribution >= 4 is 27.4 Å². The van der Waals surface area contributed by atoms with Crippen LogP contribution in [0.5, 0.6) is 0 Å². The number of nitrogens with zero attached hydrogens (tertiary/aromatic N) is 3. The Labute approximate surface area is 116 Å². The first-order chi connectivity index (χ1) is 9.13. The smallest absolute Gasteiger partial charge is 0.146 e. The first kappa shape index (κ1) is 12.8. The number of fused-ring (bicyclic) bond motifs is 1. The molecule has 2 atom stereocenters. The average Bonchev–Trinajstić information content (AvgIpc) is 2.97. The maximum absolute atomic E-state index is 9.62. The first-order valence-electron chi connectivity index (χ1n) is 6.53. The molecular formula is C13H18N4OS. The molecule has 6 heteroatoms. The highest BCUT2D eigenvalue weighted by Crippen LogP contribution is 2.25. The summed E-state index contributed by atoms with van der Waals surface area (Å²) in [6, 6.07) is 1.96. The number of thiophene rings is 1. The quantitative estimate of drug-likeness (QED) is 0.889. The molecule has 3 heterocycles. The molecule has 3 rings (SSSR count). The second-order valence-corrected chi connectivity index (χ2v) is 6.08. The van der Waals surface area contributed by atoms with Crippen molar-refractivity contribution in [2.24, 2.45) is 5.92 Å². The van der Waals surface area contributed by atoms with E-state index in [1.165, 1.54) is 0 Å². The lowest BCUT2D eigenvalue weighted by molar-refractivity contribution is 0.127. The maximum atomic E-state index is 9.62. The summed E-state index contributed by atoms with van der Waals surface area (Å²) in [6.45, 7) is 4.46.